The molecule has 0 bridgehead atoms. The van der Waals surface area contributed by atoms with Crippen LogP contribution >= 0.6 is 0 Å². The number of anilines is 3. The van der Waals surface area contributed by atoms with Gasteiger partial charge in [0.15, 0.2) is 0 Å². The van der Waals surface area contributed by atoms with Gasteiger partial charge in [0.2, 0.25) is 0 Å². The Morgan fingerprint density at radius 3 is 1.71 bits per heavy atom. The van der Waals surface area contributed by atoms with Gasteiger partial charge in [-0.25, -0.2) is 0 Å². The molecule has 9 heteroatoms. The highest BCUT2D eigenvalue weighted by Gasteiger charge is 2.46. The first kappa shape index (κ1) is 40.3. The molecule has 0 atom stereocenters. The predicted molar refractivity (Wildman–Crippen MR) is 303 cm³/mol. The maximum atomic E-state index is 6.73. The Bertz CT molecular complexity index is 3760. The van der Waals surface area contributed by atoms with Gasteiger partial charge in [-0.05, 0) is 97.1 Å². The summed E-state index contributed by atoms with van der Waals surface area (Å²) in [4.78, 5) is 2.58. The van der Waals surface area contributed by atoms with Gasteiger partial charge >= 0.3 is 0 Å². The average Bonchev–Trinajstić information content (AvgIpc) is 3.90. The zero-order chi connectivity index (χ0) is 45.0. The standard InChI is InChI=1S/C57H44B7NO/c58-48-46-47(50(60)52(62)51(48)61)55(54(64)53(63)49(46)59)65(35-19-11-14-32(29-35)37-22-12-24-44-45(37)41-27-25-31-13-7-8-20-38(31)56(41)66-44)36-26-28-40-39-21-9-10-23-42(39)57(43(40)30-36,33-15-3-1-4-16-33)34-17-5-2-6-18-34/h1-30H,58-64H2. The van der Waals surface area contributed by atoms with E-state index in [1.54, 1.807) is 0 Å². The molecule has 0 N–H and O–H groups in total. The summed E-state index contributed by atoms with van der Waals surface area (Å²) in [5.41, 5.74) is 24.0. The molecule has 0 amide bonds. The van der Waals surface area contributed by atoms with Crippen LogP contribution < -0.4 is 43.1 Å². The van der Waals surface area contributed by atoms with Gasteiger partial charge in [-0.15, -0.1) is 10.9 Å². The third kappa shape index (κ3) is 5.65. The lowest BCUT2D eigenvalue weighted by molar-refractivity contribution is 0.673. The van der Waals surface area contributed by atoms with E-state index in [9.17, 15) is 0 Å². The molecule has 0 fully saturated rings. The molecular weight excluding hydrogens is 790 g/mol. The third-order valence-electron chi connectivity index (χ3n) is 15.5. The summed E-state index contributed by atoms with van der Waals surface area (Å²) in [5, 5.41) is 7.25. The summed E-state index contributed by atoms with van der Waals surface area (Å²) in [5.74, 6) is 0. The fourth-order valence-corrected chi connectivity index (χ4v) is 11.8. The van der Waals surface area contributed by atoms with E-state index in [4.69, 9.17) is 4.42 Å². The van der Waals surface area contributed by atoms with Crippen LogP contribution in [0.4, 0.5) is 17.1 Å². The summed E-state index contributed by atoms with van der Waals surface area (Å²) in [7, 11) is 16.2. The second-order valence-corrected chi connectivity index (χ2v) is 18.6. The van der Waals surface area contributed by atoms with Crippen molar-refractivity contribution in [3.63, 3.8) is 0 Å². The lowest BCUT2D eigenvalue weighted by atomic mass is 9.59. The van der Waals surface area contributed by atoms with Crippen molar-refractivity contribution in [3.05, 3.63) is 204 Å². The molecule has 1 heterocycles. The van der Waals surface area contributed by atoms with Crippen LogP contribution in [-0.2, 0) is 5.41 Å². The summed E-state index contributed by atoms with van der Waals surface area (Å²) < 4.78 is 6.73. The number of furan rings is 1. The second-order valence-electron chi connectivity index (χ2n) is 18.6. The molecule has 0 unspecified atom stereocenters. The molecule has 1 aromatic heterocycles. The zero-order valence-electron chi connectivity index (χ0n) is 38.7. The fraction of sp³-hybridized carbons (Fsp3) is 0.0175. The quantitative estimate of drug-likeness (QED) is 0.240. The number of benzene rings is 10. The third-order valence-corrected chi connectivity index (χ3v) is 15.5. The van der Waals surface area contributed by atoms with Gasteiger partial charge in [-0.1, -0.05) is 173 Å². The summed E-state index contributed by atoms with van der Waals surface area (Å²) in [6.45, 7) is 0. The maximum absolute atomic E-state index is 6.73. The minimum Gasteiger partial charge on any atom is -0.455 e. The lowest BCUT2D eigenvalue weighted by Gasteiger charge is -2.36. The lowest BCUT2D eigenvalue weighted by Crippen LogP contribution is -2.52. The average molecular weight is 835 g/mol. The van der Waals surface area contributed by atoms with E-state index < -0.39 is 5.41 Å². The van der Waals surface area contributed by atoms with Gasteiger partial charge in [0.25, 0.3) is 0 Å². The Labute approximate surface area is 392 Å². The van der Waals surface area contributed by atoms with E-state index in [2.05, 4.69) is 242 Å². The van der Waals surface area contributed by atoms with Crippen LogP contribution in [0.5, 0.6) is 0 Å². The normalized spacial score (nSPS) is 12.8. The Morgan fingerprint density at radius 2 is 0.970 bits per heavy atom. The second kappa shape index (κ2) is 15.2. The van der Waals surface area contributed by atoms with Gasteiger partial charge in [0, 0.05) is 33.2 Å². The van der Waals surface area contributed by atoms with E-state index in [1.807, 2.05) is 0 Å². The van der Waals surface area contributed by atoms with Crippen molar-refractivity contribution in [2.75, 3.05) is 4.90 Å². The monoisotopic (exact) mass is 835 g/mol. The summed E-state index contributed by atoms with van der Waals surface area (Å²) >= 11 is 0. The predicted octanol–water partition coefficient (Wildman–Crippen LogP) is 3.20. The van der Waals surface area contributed by atoms with Crippen molar-refractivity contribution in [2.24, 2.45) is 0 Å². The minimum atomic E-state index is -0.541. The van der Waals surface area contributed by atoms with Gasteiger partial charge in [0.1, 0.15) is 66.1 Å². The number of fused-ring (bicyclic) bond motifs is 9. The van der Waals surface area contributed by atoms with Crippen LogP contribution in [0, 0.1) is 0 Å². The molecule has 0 spiro atoms. The van der Waals surface area contributed by atoms with Crippen LogP contribution in [0.3, 0.4) is 0 Å². The van der Waals surface area contributed by atoms with Crippen LogP contribution in [0.15, 0.2) is 186 Å². The molecule has 0 aliphatic heterocycles. The molecule has 1 aliphatic rings. The van der Waals surface area contributed by atoms with Gasteiger partial charge in [-0.3, -0.25) is 0 Å². The summed E-state index contributed by atoms with van der Waals surface area (Å²) in [6.07, 6.45) is 0. The molecule has 0 saturated heterocycles. The van der Waals surface area contributed by atoms with Crippen molar-refractivity contribution in [2.45, 2.75) is 5.41 Å². The van der Waals surface area contributed by atoms with Crippen LogP contribution in [0.1, 0.15) is 22.3 Å². The Balaban J connectivity index is 1.18. The number of hydrogen-bond acceptors (Lipinski definition) is 2. The van der Waals surface area contributed by atoms with E-state index in [0.717, 1.165) is 49.8 Å². The van der Waals surface area contributed by atoms with Crippen molar-refractivity contribution in [1.29, 1.82) is 0 Å². The number of rotatable bonds is 6. The first-order chi connectivity index (χ1) is 32.2. The maximum Gasteiger partial charge on any atom is 0.143 e. The van der Waals surface area contributed by atoms with Crippen LogP contribution in [0.2, 0.25) is 0 Å². The van der Waals surface area contributed by atoms with Gasteiger partial charge in [0.05, 0.1) is 5.41 Å². The largest absolute Gasteiger partial charge is 0.455 e. The molecule has 304 valence electrons. The molecule has 0 saturated carbocycles. The van der Waals surface area contributed by atoms with Gasteiger partial charge in [-0.2, -0.15) is 0 Å². The molecule has 66 heavy (non-hydrogen) atoms. The van der Waals surface area contributed by atoms with E-state index in [0.29, 0.717) is 0 Å². The molecule has 11 aromatic rings. The SMILES string of the molecule is Bc1c(B)c(B)c2c(N(c3cccc(-c4cccc5oc6c7ccccc7ccc6c45)c3)c3ccc4c(c3)C(c3ccccc3)(c3ccccc3)c3ccccc3-4)c(B)c(B)c(B)c2c1B. The Hall–Kier alpha value is -7.23. The van der Waals surface area contributed by atoms with Crippen molar-refractivity contribution >= 4 is 154 Å². The van der Waals surface area contributed by atoms with E-state index >= 15 is 0 Å². The highest BCUT2D eigenvalue weighted by molar-refractivity contribution is 6.72. The molecule has 0 radical (unpaired) electrons. The van der Waals surface area contributed by atoms with Crippen LogP contribution in [-0.4, -0.2) is 54.9 Å². The van der Waals surface area contributed by atoms with Crippen LogP contribution in [0.25, 0.3) is 65.7 Å². The van der Waals surface area contributed by atoms with Gasteiger partial charge < -0.3 is 9.32 Å². The number of hydrogen-bond donors (Lipinski definition) is 0. The van der Waals surface area contributed by atoms with E-state index in [-0.39, 0.29) is 0 Å². The highest BCUT2D eigenvalue weighted by Crippen LogP contribution is 2.57. The first-order valence-electron chi connectivity index (χ1n) is 23.3. The van der Waals surface area contributed by atoms with Crippen molar-refractivity contribution < 1.29 is 4.42 Å². The first-order valence-corrected chi connectivity index (χ1v) is 23.3. The van der Waals surface area contributed by atoms with Crippen molar-refractivity contribution in [1.82, 2.24) is 0 Å². The highest BCUT2D eigenvalue weighted by atomic mass is 16.3. The molecule has 2 nitrogen and oxygen atoms in total. The Morgan fingerprint density at radius 1 is 0.379 bits per heavy atom. The fourth-order valence-electron chi connectivity index (χ4n) is 11.8. The number of nitrogens with zero attached hydrogens (tertiary/aromatic N) is 1. The van der Waals surface area contributed by atoms with Crippen molar-refractivity contribution in [3.8, 4) is 22.3 Å². The minimum absolute atomic E-state index is 0.541. The molecule has 10 aromatic carbocycles. The molecule has 1 aliphatic carbocycles. The smallest absolute Gasteiger partial charge is 0.143 e. The molecular formula is C57H44B7NO. The summed E-state index contributed by atoms with van der Waals surface area (Å²) in [6, 6.07) is 67.3. The topological polar surface area (TPSA) is 16.4 Å². The Kier molecular flexibility index (Phi) is 9.27. The molecule has 12 rings (SSSR count). The zero-order valence-corrected chi connectivity index (χ0v) is 38.7. The van der Waals surface area contributed by atoms with E-state index in [1.165, 1.54) is 93.5 Å².